The number of carbonyl (C=O) groups excluding carboxylic acids is 1. The first-order valence-electron chi connectivity index (χ1n) is 8.16. The quantitative estimate of drug-likeness (QED) is 0.780. The van der Waals surface area contributed by atoms with Gasteiger partial charge in [-0.2, -0.15) is 0 Å². The number of nitrogens with zero attached hydrogens (tertiary/aromatic N) is 2. The van der Waals surface area contributed by atoms with Crippen LogP contribution in [0.2, 0.25) is 0 Å². The molecule has 26 heavy (non-hydrogen) atoms. The fraction of sp³-hybridized carbons (Fsp3) is 0.333. The van der Waals surface area contributed by atoms with Crippen LogP contribution in [0.4, 0.5) is 0 Å². The highest BCUT2D eigenvalue weighted by Gasteiger charge is 2.18. The molecule has 1 aromatic heterocycles. The van der Waals surface area contributed by atoms with Gasteiger partial charge in [0.2, 0.25) is 15.9 Å². The van der Waals surface area contributed by atoms with Gasteiger partial charge in [0.25, 0.3) is 5.56 Å². The van der Waals surface area contributed by atoms with Crippen molar-refractivity contribution in [2.75, 3.05) is 20.6 Å². The predicted octanol–water partition coefficient (Wildman–Crippen LogP) is 1.02. The van der Waals surface area contributed by atoms with E-state index in [9.17, 15) is 18.0 Å². The Hall–Kier alpha value is -2.45. The Morgan fingerprint density at radius 2 is 1.81 bits per heavy atom. The second kappa shape index (κ2) is 8.29. The highest BCUT2D eigenvalue weighted by molar-refractivity contribution is 7.89. The molecule has 8 heteroatoms. The molecule has 0 spiro atoms. The van der Waals surface area contributed by atoms with Crippen LogP contribution in [0.5, 0.6) is 0 Å². The third-order valence-corrected chi connectivity index (χ3v) is 5.82. The maximum absolute atomic E-state index is 12.2. The first kappa shape index (κ1) is 19.9. The Morgan fingerprint density at radius 3 is 2.42 bits per heavy atom. The van der Waals surface area contributed by atoms with Crippen LogP contribution in [0.15, 0.2) is 58.4 Å². The lowest BCUT2D eigenvalue weighted by Gasteiger charge is -2.15. The van der Waals surface area contributed by atoms with Gasteiger partial charge in [-0.25, -0.2) is 12.7 Å². The zero-order valence-corrected chi connectivity index (χ0v) is 15.9. The number of hydrogen-bond donors (Lipinski definition) is 1. The van der Waals surface area contributed by atoms with Gasteiger partial charge in [-0.15, -0.1) is 0 Å². The Morgan fingerprint density at radius 1 is 1.15 bits per heavy atom. The topological polar surface area (TPSA) is 88.5 Å². The summed E-state index contributed by atoms with van der Waals surface area (Å²) in [5.41, 5.74) is 0.665. The van der Waals surface area contributed by atoms with Gasteiger partial charge in [0, 0.05) is 32.9 Å². The standard InChI is InChI=1S/C18H23N3O4S/c1-14(15-7-5-4-6-8-15)11-19-17(22)13-21-12-16(9-10-18(21)23)26(24,25)20(2)3/h4-10,12,14H,11,13H2,1-3H3,(H,19,22)/t14-/m0/s1. The molecule has 0 aliphatic heterocycles. The van der Waals surface area contributed by atoms with Gasteiger partial charge >= 0.3 is 0 Å². The van der Waals surface area contributed by atoms with Gasteiger partial charge in [0.15, 0.2) is 0 Å². The number of hydrogen-bond acceptors (Lipinski definition) is 4. The first-order chi connectivity index (χ1) is 12.2. The highest BCUT2D eigenvalue weighted by atomic mass is 32.2. The Labute approximate surface area is 153 Å². The average Bonchev–Trinajstić information content (AvgIpc) is 2.62. The molecule has 0 unspecified atom stereocenters. The summed E-state index contributed by atoms with van der Waals surface area (Å²) >= 11 is 0. The fourth-order valence-electron chi connectivity index (χ4n) is 2.37. The van der Waals surface area contributed by atoms with Crippen molar-refractivity contribution in [2.24, 2.45) is 0 Å². The van der Waals surface area contributed by atoms with E-state index in [4.69, 9.17) is 0 Å². The number of aromatic nitrogens is 1. The third kappa shape index (κ3) is 4.80. The summed E-state index contributed by atoms with van der Waals surface area (Å²) in [5, 5.41) is 2.78. The second-order valence-corrected chi connectivity index (χ2v) is 8.39. The smallest absolute Gasteiger partial charge is 0.251 e. The molecule has 1 aromatic carbocycles. The monoisotopic (exact) mass is 377 g/mol. The van der Waals surface area contributed by atoms with Crippen molar-refractivity contribution in [1.82, 2.24) is 14.2 Å². The average molecular weight is 377 g/mol. The van der Waals surface area contributed by atoms with Crippen LogP contribution in [0, 0.1) is 0 Å². The number of sulfonamides is 1. The zero-order chi connectivity index (χ0) is 19.3. The number of nitrogens with one attached hydrogen (secondary N) is 1. The molecule has 0 fully saturated rings. The molecule has 0 saturated heterocycles. The molecule has 2 aromatic rings. The van der Waals surface area contributed by atoms with E-state index in [0.29, 0.717) is 6.54 Å². The fourth-order valence-corrected chi connectivity index (χ4v) is 3.30. The zero-order valence-electron chi connectivity index (χ0n) is 15.0. The van der Waals surface area contributed by atoms with Crippen molar-refractivity contribution in [3.05, 3.63) is 64.6 Å². The summed E-state index contributed by atoms with van der Waals surface area (Å²) in [4.78, 5) is 24.1. The van der Waals surface area contributed by atoms with Crippen LogP contribution in [0.1, 0.15) is 18.4 Å². The molecule has 0 radical (unpaired) electrons. The van der Waals surface area contributed by atoms with Crippen molar-refractivity contribution in [3.8, 4) is 0 Å². The lowest BCUT2D eigenvalue weighted by atomic mass is 10.0. The molecule has 140 valence electrons. The summed E-state index contributed by atoms with van der Waals surface area (Å²) in [6.45, 7) is 2.18. The number of benzene rings is 1. The van der Waals surface area contributed by atoms with E-state index < -0.39 is 15.6 Å². The van der Waals surface area contributed by atoms with E-state index in [0.717, 1.165) is 20.5 Å². The molecule has 0 bridgehead atoms. The highest BCUT2D eigenvalue weighted by Crippen LogP contribution is 2.13. The maximum Gasteiger partial charge on any atom is 0.251 e. The Bertz CT molecular complexity index is 921. The second-order valence-electron chi connectivity index (χ2n) is 6.23. The molecule has 7 nitrogen and oxygen atoms in total. The van der Waals surface area contributed by atoms with Crippen molar-refractivity contribution < 1.29 is 13.2 Å². The van der Waals surface area contributed by atoms with Gasteiger partial charge in [-0.1, -0.05) is 37.3 Å². The number of amides is 1. The lowest BCUT2D eigenvalue weighted by molar-refractivity contribution is -0.121. The van der Waals surface area contributed by atoms with Crippen molar-refractivity contribution in [2.45, 2.75) is 24.3 Å². The van der Waals surface area contributed by atoms with Gasteiger partial charge in [-0.05, 0) is 17.5 Å². The lowest BCUT2D eigenvalue weighted by Crippen LogP contribution is -2.34. The number of rotatable bonds is 7. The van der Waals surface area contributed by atoms with E-state index in [1.165, 1.54) is 26.4 Å². The van der Waals surface area contributed by atoms with Crippen molar-refractivity contribution in [3.63, 3.8) is 0 Å². The van der Waals surface area contributed by atoms with E-state index >= 15 is 0 Å². The predicted molar refractivity (Wildman–Crippen MR) is 99.4 cm³/mol. The van der Waals surface area contributed by atoms with E-state index in [1.807, 2.05) is 37.3 Å². The molecule has 1 atom stereocenters. The summed E-state index contributed by atoms with van der Waals surface area (Å²) in [7, 11) is -0.861. The Kier molecular flexibility index (Phi) is 6.33. The molecule has 2 rings (SSSR count). The van der Waals surface area contributed by atoms with Crippen LogP contribution in [-0.4, -0.2) is 43.8 Å². The van der Waals surface area contributed by atoms with Crippen LogP contribution >= 0.6 is 0 Å². The largest absolute Gasteiger partial charge is 0.354 e. The summed E-state index contributed by atoms with van der Waals surface area (Å²) in [6.07, 6.45) is 1.19. The minimum absolute atomic E-state index is 0.0347. The SMILES string of the molecule is C[C@@H](CNC(=O)Cn1cc(S(=O)(=O)N(C)C)ccc1=O)c1ccccc1. The van der Waals surface area contributed by atoms with Crippen molar-refractivity contribution >= 4 is 15.9 Å². The minimum Gasteiger partial charge on any atom is -0.354 e. The van der Waals surface area contributed by atoms with E-state index in [2.05, 4.69) is 5.32 Å². The van der Waals surface area contributed by atoms with Crippen LogP contribution in [0.3, 0.4) is 0 Å². The molecule has 0 saturated carbocycles. The molecule has 0 aliphatic carbocycles. The molecule has 1 amide bonds. The molecular formula is C18H23N3O4S. The molecule has 1 N–H and O–H groups in total. The summed E-state index contributed by atoms with van der Waals surface area (Å²) in [5.74, 6) is -0.230. The number of pyridine rings is 1. The van der Waals surface area contributed by atoms with Crippen LogP contribution in [0.25, 0.3) is 0 Å². The van der Waals surface area contributed by atoms with Gasteiger partial charge < -0.3 is 9.88 Å². The first-order valence-corrected chi connectivity index (χ1v) is 9.60. The third-order valence-electron chi connectivity index (χ3n) is 4.02. The van der Waals surface area contributed by atoms with Gasteiger partial charge in [0.1, 0.15) is 6.54 Å². The maximum atomic E-state index is 12.2. The molecular weight excluding hydrogens is 354 g/mol. The van der Waals surface area contributed by atoms with Crippen LogP contribution < -0.4 is 10.9 Å². The summed E-state index contributed by atoms with van der Waals surface area (Å²) < 4.78 is 26.5. The summed E-state index contributed by atoms with van der Waals surface area (Å²) in [6, 6.07) is 12.2. The minimum atomic E-state index is -3.67. The van der Waals surface area contributed by atoms with Gasteiger partial charge in [0.05, 0.1) is 4.90 Å². The molecule has 1 heterocycles. The normalized spacial score (nSPS) is 12.8. The van der Waals surface area contributed by atoms with Crippen LogP contribution in [-0.2, 0) is 21.4 Å². The van der Waals surface area contributed by atoms with E-state index in [1.54, 1.807) is 0 Å². The van der Waals surface area contributed by atoms with Crippen molar-refractivity contribution in [1.29, 1.82) is 0 Å². The molecule has 0 aliphatic rings. The van der Waals surface area contributed by atoms with E-state index in [-0.39, 0.29) is 23.3 Å². The Balaban J connectivity index is 2.06. The van der Waals surface area contributed by atoms with Gasteiger partial charge in [-0.3, -0.25) is 9.59 Å². The number of carbonyl (C=O) groups is 1.